The predicted molar refractivity (Wildman–Crippen MR) is 59.1 cm³/mol. The molecule has 90 valence electrons. The van der Waals surface area contributed by atoms with Crippen LogP contribution in [-0.2, 0) is 11.5 Å². The average Bonchev–Trinajstić information content (AvgIpc) is 2.27. The smallest absolute Gasteiger partial charge is 0.269 e. The van der Waals surface area contributed by atoms with E-state index in [0.29, 0.717) is 11.4 Å². The minimum absolute atomic E-state index is 0.0190. The Hall–Kier alpha value is -1.37. The highest BCUT2D eigenvalue weighted by Gasteiger charge is 2.33. The molecule has 2 heterocycles. The lowest BCUT2D eigenvalue weighted by Crippen LogP contribution is -2.20. The maximum atomic E-state index is 12.4. The maximum Gasteiger partial charge on any atom is 0.433 e. The van der Waals surface area contributed by atoms with Gasteiger partial charge in [-0.1, -0.05) is 22.0 Å². The van der Waals surface area contributed by atoms with Gasteiger partial charge in [0.1, 0.15) is 5.65 Å². The lowest BCUT2D eigenvalue weighted by molar-refractivity contribution is -0.141. The molecule has 0 bridgehead atoms. The Morgan fingerprint density at radius 2 is 2.06 bits per heavy atom. The Morgan fingerprint density at radius 3 is 2.65 bits per heavy atom. The molecule has 2 aromatic heterocycles. The number of nitrogens with zero attached hydrogens (tertiary/aromatic N) is 2. The van der Waals surface area contributed by atoms with Crippen molar-refractivity contribution in [1.29, 1.82) is 0 Å². The number of aromatic nitrogens is 2. The molecule has 0 aliphatic heterocycles. The monoisotopic (exact) mass is 306 g/mol. The molecule has 0 amide bonds. The summed E-state index contributed by atoms with van der Waals surface area (Å²) >= 11 is 3.20. The van der Waals surface area contributed by atoms with Crippen molar-refractivity contribution < 1.29 is 13.2 Å². The third-order valence-corrected chi connectivity index (χ3v) is 2.81. The van der Waals surface area contributed by atoms with E-state index in [1.54, 1.807) is 6.07 Å². The van der Waals surface area contributed by atoms with Crippen molar-refractivity contribution in [2.45, 2.75) is 11.5 Å². The molecule has 0 N–H and O–H groups in total. The van der Waals surface area contributed by atoms with E-state index in [-0.39, 0.29) is 5.65 Å². The molecule has 0 atom stereocenters. The topological polar surface area (TPSA) is 34.4 Å². The van der Waals surface area contributed by atoms with Crippen LogP contribution in [0, 0.1) is 0 Å². The van der Waals surface area contributed by atoms with Crippen molar-refractivity contribution >= 4 is 21.6 Å². The number of hydrogen-bond donors (Lipinski definition) is 0. The van der Waals surface area contributed by atoms with Crippen LogP contribution in [0.4, 0.5) is 13.2 Å². The van der Waals surface area contributed by atoms with Crippen molar-refractivity contribution in [2.24, 2.45) is 0 Å². The summed E-state index contributed by atoms with van der Waals surface area (Å²) in [5, 5.41) is 0.510. The number of halogens is 4. The van der Waals surface area contributed by atoms with Gasteiger partial charge in [-0.15, -0.1) is 0 Å². The van der Waals surface area contributed by atoms with E-state index in [1.807, 2.05) is 0 Å². The maximum absolute atomic E-state index is 12.4. The molecule has 0 radical (unpaired) electrons. The minimum atomic E-state index is -4.61. The average molecular weight is 307 g/mol. The van der Waals surface area contributed by atoms with Gasteiger partial charge in [-0.05, 0) is 11.6 Å². The van der Waals surface area contributed by atoms with Crippen molar-refractivity contribution in [3.8, 4) is 0 Å². The van der Waals surface area contributed by atoms with Crippen molar-refractivity contribution in [3.63, 3.8) is 0 Å². The second kappa shape index (κ2) is 4.14. The van der Waals surface area contributed by atoms with Gasteiger partial charge in [0, 0.05) is 17.6 Å². The molecular weight excluding hydrogens is 301 g/mol. The lowest BCUT2D eigenvalue weighted by Gasteiger charge is -2.07. The summed E-state index contributed by atoms with van der Waals surface area (Å²) < 4.78 is 38.4. The normalized spacial score (nSPS) is 12.0. The van der Waals surface area contributed by atoms with Crippen LogP contribution in [0.1, 0.15) is 11.3 Å². The van der Waals surface area contributed by atoms with Crippen molar-refractivity contribution in [3.05, 3.63) is 46.0 Å². The fourth-order valence-electron chi connectivity index (χ4n) is 1.37. The Morgan fingerprint density at radius 1 is 1.35 bits per heavy atom. The summed E-state index contributed by atoms with van der Waals surface area (Å²) in [5.41, 5.74) is -1.16. The predicted octanol–water partition coefficient (Wildman–Crippen LogP) is 2.61. The highest BCUT2D eigenvalue weighted by molar-refractivity contribution is 9.08. The molecule has 7 heteroatoms. The van der Waals surface area contributed by atoms with Gasteiger partial charge < -0.3 is 0 Å². The highest BCUT2D eigenvalue weighted by Crippen LogP contribution is 2.26. The molecule has 0 unspecified atom stereocenters. The molecule has 0 fully saturated rings. The zero-order valence-electron chi connectivity index (χ0n) is 8.33. The first kappa shape index (κ1) is 12.1. The zero-order chi connectivity index (χ0) is 12.6. The molecule has 0 aromatic carbocycles. The standard InChI is InChI=1S/C10H6BrF3N2O/c11-4-6-1-2-8-15-7(10(12,13)14)3-9(17)16(8)5-6/h1-3,5H,4H2. The number of hydrogen-bond acceptors (Lipinski definition) is 2. The van der Waals surface area contributed by atoms with Crippen LogP contribution in [0.25, 0.3) is 5.65 Å². The van der Waals surface area contributed by atoms with E-state index >= 15 is 0 Å². The number of fused-ring (bicyclic) bond motifs is 1. The number of pyridine rings is 1. The molecule has 2 aromatic rings. The van der Waals surface area contributed by atoms with E-state index in [1.165, 1.54) is 12.3 Å². The van der Waals surface area contributed by atoms with Gasteiger partial charge in [0.05, 0.1) is 0 Å². The third-order valence-electron chi connectivity index (χ3n) is 2.17. The Labute approximate surface area is 102 Å². The molecule has 0 aliphatic carbocycles. The molecule has 3 nitrogen and oxygen atoms in total. The van der Waals surface area contributed by atoms with Gasteiger partial charge >= 0.3 is 6.18 Å². The molecule has 2 rings (SSSR count). The Balaban J connectivity index is 2.73. The first-order valence-electron chi connectivity index (χ1n) is 4.57. The van der Waals surface area contributed by atoms with Gasteiger partial charge in [-0.3, -0.25) is 9.20 Å². The largest absolute Gasteiger partial charge is 0.433 e. The summed E-state index contributed by atoms with van der Waals surface area (Å²) in [6.45, 7) is 0. The second-order valence-corrected chi connectivity index (χ2v) is 3.94. The Kier molecular flexibility index (Phi) is 2.94. The second-order valence-electron chi connectivity index (χ2n) is 3.38. The number of alkyl halides is 4. The fourth-order valence-corrected chi connectivity index (χ4v) is 1.70. The van der Waals surface area contributed by atoms with E-state index in [2.05, 4.69) is 20.9 Å². The summed E-state index contributed by atoms with van der Waals surface area (Å²) in [6.07, 6.45) is -3.15. The van der Waals surface area contributed by atoms with Crippen LogP contribution in [0.15, 0.2) is 29.2 Å². The van der Waals surface area contributed by atoms with E-state index in [4.69, 9.17) is 0 Å². The molecule has 0 aliphatic rings. The van der Waals surface area contributed by atoms with Crippen molar-refractivity contribution in [2.75, 3.05) is 0 Å². The first-order valence-corrected chi connectivity index (χ1v) is 5.69. The fraction of sp³-hybridized carbons (Fsp3) is 0.200. The molecule has 0 saturated carbocycles. The summed E-state index contributed by atoms with van der Waals surface area (Å²) in [6, 6.07) is 3.48. The van der Waals surface area contributed by atoms with Gasteiger partial charge in [-0.2, -0.15) is 13.2 Å². The van der Waals surface area contributed by atoms with Crippen LogP contribution in [0.2, 0.25) is 0 Å². The SMILES string of the molecule is O=c1cc(C(F)(F)F)nc2ccc(CBr)cn12. The summed E-state index contributed by atoms with van der Waals surface area (Å²) in [7, 11) is 0. The zero-order valence-corrected chi connectivity index (χ0v) is 9.92. The van der Waals surface area contributed by atoms with Crippen LogP contribution < -0.4 is 5.56 Å². The summed E-state index contributed by atoms with van der Waals surface area (Å²) in [5.74, 6) is 0. The van der Waals surface area contributed by atoms with E-state index in [0.717, 1.165) is 9.96 Å². The highest BCUT2D eigenvalue weighted by atomic mass is 79.9. The number of rotatable bonds is 1. The lowest BCUT2D eigenvalue weighted by atomic mass is 10.3. The van der Waals surface area contributed by atoms with Crippen LogP contribution >= 0.6 is 15.9 Å². The Bertz CT molecular complexity index is 621. The summed E-state index contributed by atoms with van der Waals surface area (Å²) in [4.78, 5) is 14.9. The molecule has 0 spiro atoms. The van der Waals surface area contributed by atoms with Crippen LogP contribution in [-0.4, -0.2) is 9.38 Å². The third kappa shape index (κ3) is 2.33. The minimum Gasteiger partial charge on any atom is -0.269 e. The molecule has 17 heavy (non-hydrogen) atoms. The van der Waals surface area contributed by atoms with Crippen LogP contribution in [0.5, 0.6) is 0 Å². The van der Waals surface area contributed by atoms with Gasteiger partial charge in [0.15, 0.2) is 5.69 Å². The van der Waals surface area contributed by atoms with Crippen LogP contribution in [0.3, 0.4) is 0 Å². The first-order chi connectivity index (χ1) is 7.91. The van der Waals surface area contributed by atoms with E-state index in [9.17, 15) is 18.0 Å². The quantitative estimate of drug-likeness (QED) is 0.759. The van der Waals surface area contributed by atoms with E-state index < -0.39 is 17.4 Å². The van der Waals surface area contributed by atoms with Crippen molar-refractivity contribution in [1.82, 2.24) is 9.38 Å². The van der Waals surface area contributed by atoms with Gasteiger partial charge in [-0.25, -0.2) is 4.98 Å². The van der Waals surface area contributed by atoms with Gasteiger partial charge in [0.25, 0.3) is 5.56 Å². The van der Waals surface area contributed by atoms with Gasteiger partial charge in [0.2, 0.25) is 0 Å². The molecular formula is C10H6BrF3N2O. The molecule has 0 saturated heterocycles.